The predicted molar refractivity (Wildman–Crippen MR) is 159 cm³/mol. The van der Waals surface area contributed by atoms with Gasteiger partial charge in [0.2, 0.25) is 10.0 Å². The summed E-state index contributed by atoms with van der Waals surface area (Å²) in [5.41, 5.74) is 2.37. The van der Waals surface area contributed by atoms with Gasteiger partial charge in [-0.1, -0.05) is 17.4 Å². The number of aryl methyl sites for hydroxylation is 1. The molecule has 1 aliphatic carbocycles. The van der Waals surface area contributed by atoms with E-state index in [1.807, 2.05) is 26.0 Å². The summed E-state index contributed by atoms with van der Waals surface area (Å²) in [6.45, 7) is 6.06. The molecule has 41 heavy (non-hydrogen) atoms. The van der Waals surface area contributed by atoms with Gasteiger partial charge in [-0.15, -0.1) is 0 Å². The third kappa shape index (κ3) is 5.69. The minimum atomic E-state index is -3.90. The maximum absolute atomic E-state index is 13.4. The Labute approximate surface area is 244 Å². The molecule has 11 nitrogen and oxygen atoms in total. The largest absolute Gasteiger partial charge is 0.377 e. The van der Waals surface area contributed by atoms with Gasteiger partial charge in [0, 0.05) is 26.7 Å². The predicted octanol–water partition coefficient (Wildman–Crippen LogP) is 3.71. The fourth-order valence-electron chi connectivity index (χ4n) is 5.14. The van der Waals surface area contributed by atoms with Crippen LogP contribution in [0.5, 0.6) is 0 Å². The number of rotatable bonds is 11. The zero-order valence-electron chi connectivity index (χ0n) is 24.0. The first-order valence-electron chi connectivity index (χ1n) is 13.5. The second-order valence-corrected chi connectivity index (χ2v) is 13.5. The third-order valence-electron chi connectivity index (χ3n) is 7.93. The summed E-state index contributed by atoms with van der Waals surface area (Å²) in [7, 11) is 0.731. The number of benzene rings is 1. The van der Waals surface area contributed by atoms with Gasteiger partial charge in [-0.2, -0.15) is 0 Å². The van der Waals surface area contributed by atoms with Gasteiger partial charge in [0.25, 0.3) is 5.91 Å². The van der Waals surface area contributed by atoms with E-state index in [-0.39, 0.29) is 22.4 Å². The summed E-state index contributed by atoms with van der Waals surface area (Å²) in [6.07, 6.45) is 0.885. The Balaban J connectivity index is 1.46. The van der Waals surface area contributed by atoms with Crippen LogP contribution in [0, 0.1) is 12.8 Å². The number of anilines is 3. The van der Waals surface area contributed by atoms with Crippen molar-refractivity contribution in [1.29, 1.82) is 0 Å². The first kappa shape index (κ1) is 29.4. The van der Waals surface area contributed by atoms with Crippen molar-refractivity contribution in [1.82, 2.24) is 19.6 Å². The fraction of sp³-hybridized carbons (Fsp3) is 0.464. The highest BCUT2D eigenvalue weighted by molar-refractivity contribution is 7.89. The molecule has 3 heterocycles. The van der Waals surface area contributed by atoms with E-state index >= 15 is 0 Å². The zero-order valence-corrected chi connectivity index (χ0v) is 25.6. The summed E-state index contributed by atoms with van der Waals surface area (Å²) in [5.74, 6) is 1.32. The Morgan fingerprint density at radius 3 is 2.61 bits per heavy atom. The van der Waals surface area contributed by atoms with Crippen LogP contribution in [0.3, 0.4) is 0 Å². The van der Waals surface area contributed by atoms with Crippen molar-refractivity contribution in [3.8, 4) is 10.4 Å². The highest BCUT2D eigenvalue weighted by atomic mass is 32.2. The normalized spacial score (nSPS) is 17.3. The quantitative estimate of drug-likeness (QED) is 0.281. The lowest BCUT2D eigenvalue weighted by Crippen LogP contribution is -2.41. The van der Waals surface area contributed by atoms with Gasteiger partial charge in [0.05, 0.1) is 27.1 Å². The molecule has 1 unspecified atom stereocenters. The lowest BCUT2D eigenvalue weighted by Gasteiger charge is -2.28. The van der Waals surface area contributed by atoms with Crippen molar-refractivity contribution in [3.05, 3.63) is 47.2 Å². The zero-order chi connectivity index (χ0) is 29.6. The topological polar surface area (TPSA) is 137 Å². The van der Waals surface area contributed by atoms with Gasteiger partial charge < -0.3 is 25.0 Å². The molecule has 3 N–H and O–H groups in total. The number of ether oxygens (including phenoxy) is 1. The van der Waals surface area contributed by atoms with Crippen LogP contribution in [0.25, 0.3) is 10.4 Å². The molecular formula is C28H36N6O5S2. The molecule has 1 fully saturated rings. The molecule has 1 saturated carbocycles. The number of thiazole rings is 1. The van der Waals surface area contributed by atoms with Crippen LogP contribution in [-0.4, -0.2) is 73.9 Å². The van der Waals surface area contributed by atoms with E-state index < -0.39 is 22.4 Å². The number of sulfonamides is 1. The molecule has 1 aliphatic heterocycles. The van der Waals surface area contributed by atoms with Crippen LogP contribution in [-0.2, 0) is 21.3 Å². The molecule has 0 spiro atoms. The number of carbonyl (C=O) groups excluding carboxylic acids is 1. The highest BCUT2D eigenvalue weighted by Crippen LogP contribution is 2.42. The first-order valence-corrected chi connectivity index (χ1v) is 15.8. The van der Waals surface area contributed by atoms with E-state index in [0.717, 1.165) is 23.4 Å². The number of aliphatic hydroxyl groups is 1. The van der Waals surface area contributed by atoms with Crippen molar-refractivity contribution < 1.29 is 23.1 Å². The van der Waals surface area contributed by atoms with Crippen molar-refractivity contribution in [3.63, 3.8) is 0 Å². The molecule has 5 rings (SSSR count). The summed E-state index contributed by atoms with van der Waals surface area (Å²) < 4.78 is 33.8. The molecule has 13 heteroatoms. The van der Waals surface area contributed by atoms with E-state index in [0.29, 0.717) is 40.4 Å². The molecule has 1 aromatic carbocycles. The maximum Gasteiger partial charge on any atom is 0.256 e. The molecule has 2 aliphatic rings. The number of aliphatic hydroxyl groups excluding tert-OH is 1. The Morgan fingerprint density at radius 1 is 1.22 bits per heavy atom. The van der Waals surface area contributed by atoms with Gasteiger partial charge in [0.1, 0.15) is 11.6 Å². The summed E-state index contributed by atoms with van der Waals surface area (Å²) >= 11 is 1.37. The fourth-order valence-corrected chi connectivity index (χ4v) is 7.09. The van der Waals surface area contributed by atoms with Crippen LogP contribution in [0.4, 0.5) is 16.8 Å². The van der Waals surface area contributed by atoms with E-state index in [2.05, 4.69) is 20.0 Å². The van der Waals surface area contributed by atoms with Crippen LogP contribution < -0.4 is 14.9 Å². The van der Waals surface area contributed by atoms with Crippen LogP contribution in [0.2, 0.25) is 0 Å². The second kappa shape index (κ2) is 11.3. The van der Waals surface area contributed by atoms with Gasteiger partial charge in [-0.3, -0.25) is 4.79 Å². The third-order valence-corrected chi connectivity index (χ3v) is 10.5. The molecule has 220 valence electrons. The average Bonchev–Trinajstić information content (AvgIpc) is 3.68. The molecule has 3 atom stereocenters. The monoisotopic (exact) mass is 600 g/mol. The van der Waals surface area contributed by atoms with E-state index in [1.54, 1.807) is 42.0 Å². The molecule has 1 amide bonds. The lowest BCUT2D eigenvalue weighted by molar-refractivity contribution is 0.000683. The second-order valence-electron chi connectivity index (χ2n) is 10.6. The van der Waals surface area contributed by atoms with Crippen LogP contribution in [0.1, 0.15) is 48.3 Å². The van der Waals surface area contributed by atoms with Gasteiger partial charge in [-0.05, 0) is 82.0 Å². The molecule has 0 saturated heterocycles. The number of hydrogen-bond acceptors (Lipinski definition) is 10. The van der Waals surface area contributed by atoms with Crippen LogP contribution in [0.15, 0.2) is 35.2 Å². The Bertz CT molecular complexity index is 1570. The number of nitrogens with one attached hydrogen (secondary N) is 2. The number of pyridine rings is 1. The van der Waals surface area contributed by atoms with Crippen molar-refractivity contribution in [2.24, 2.45) is 5.92 Å². The number of fused-ring (bicyclic) bond motifs is 1. The van der Waals surface area contributed by atoms with Gasteiger partial charge >= 0.3 is 0 Å². The minimum Gasteiger partial charge on any atom is -0.377 e. The SMILES string of the molecule is CNS(=O)(=O)c1cc(-c2sc(Nc3cccc(N(C)C(O)[C@H](C)OC)n3)nc2C)cc2c1C(=O)N([C@@H](C)C1CC1)C2. The number of likely N-dealkylation sites (N-methyl/N-ethyl adjacent to an activating group) is 1. The van der Waals surface area contributed by atoms with Gasteiger partial charge in [-0.25, -0.2) is 23.1 Å². The molecular weight excluding hydrogens is 564 g/mol. The Hall–Kier alpha value is -3.10. The summed E-state index contributed by atoms with van der Waals surface area (Å²) in [6, 6.07) is 8.97. The smallest absolute Gasteiger partial charge is 0.256 e. The average molecular weight is 601 g/mol. The number of nitrogens with zero attached hydrogens (tertiary/aromatic N) is 4. The van der Waals surface area contributed by atoms with Crippen molar-refractivity contribution >= 4 is 44.0 Å². The minimum absolute atomic E-state index is 0.00782. The van der Waals surface area contributed by atoms with E-state index in [4.69, 9.17) is 4.74 Å². The number of carbonyl (C=O) groups is 1. The summed E-state index contributed by atoms with van der Waals surface area (Å²) in [5, 5.41) is 14.3. The van der Waals surface area contributed by atoms with Crippen LogP contribution >= 0.6 is 11.3 Å². The Kier molecular flexibility index (Phi) is 8.09. The molecule has 0 radical (unpaired) electrons. The van der Waals surface area contributed by atoms with E-state index in [1.165, 1.54) is 25.5 Å². The number of hydrogen-bond donors (Lipinski definition) is 3. The molecule has 3 aromatic rings. The summed E-state index contributed by atoms with van der Waals surface area (Å²) in [4.78, 5) is 26.9. The van der Waals surface area contributed by atoms with Gasteiger partial charge in [0.15, 0.2) is 11.4 Å². The first-order chi connectivity index (χ1) is 19.4. The number of methoxy groups -OCH3 is 1. The number of aromatic nitrogens is 2. The number of amides is 1. The lowest BCUT2D eigenvalue weighted by atomic mass is 10.0. The van der Waals surface area contributed by atoms with Crippen molar-refractivity contribution in [2.45, 2.75) is 63.4 Å². The highest BCUT2D eigenvalue weighted by Gasteiger charge is 2.41. The Morgan fingerprint density at radius 2 is 1.95 bits per heavy atom. The standard InChI is InChI=1S/C28H36N6O5S2/c1-15-25(40-28(30-15)32-22-8-7-9-23(31-22)33(5)26(35)17(3)39-6)19-12-20-14-34(16(2)18-10-11-18)27(36)24(20)21(13-19)41(37,38)29-4/h7-9,12-13,16-18,26,29,35H,10-11,14H2,1-6H3,(H,30,31,32)/t16-,17-,26?/m0/s1. The maximum atomic E-state index is 13.4. The van der Waals surface area contributed by atoms with E-state index in [9.17, 15) is 18.3 Å². The van der Waals surface area contributed by atoms with Crippen molar-refractivity contribution in [2.75, 3.05) is 31.4 Å². The molecule has 2 aromatic heterocycles. The molecule has 0 bridgehead atoms.